The number of nitrogens with zero attached hydrogens (tertiary/aromatic N) is 5. The van der Waals surface area contributed by atoms with E-state index < -0.39 is 0 Å². The Kier molecular flexibility index (Phi) is 5.54. The second-order valence-electron chi connectivity index (χ2n) is 7.33. The molecule has 0 radical (unpaired) electrons. The van der Waals surface area contributed by atoms with Gasteiger partial charge in [-0.2, -0.15) is 5.10 Å². The Labute approximate surface area is 170 Å². The minimum atomic E-state index is 0.472. The van der Waals surface area contributed by atoms with Crippen LogP contribution in [0.3, 0.4) is 0 Å². The maximum absolute atomic E-state index is 5.86. The Morgan fingerprint density at radius 1 is 1.21 bits per heavy atom. The number of hydrogen-bond donors (Lipinski definition) is 0. The number of likely N-dealkylation sites (N-methyl/N-ethyl adjacent to an activating group) is 1. The van der Waals surface area contributed by atoms with E-state index in [1.54, 1.807) is 12.4 Å². The molecule has 0 bridgehead atoms. The maximum atomic E-state index is 5.86. The van der Waals surface area contributed by atoms with Crippen molar-refractivity contribution >= 4 is 12.2 Å². The quantitative estimate of drug-likeness (QED) is 0.538. The molecule has 1 aliphatic carbocycles. The molecule has 1 fully saturated rings. The van der Waals surface area contributed by atoms with Crippen LogP contribution >= 0.6 is 12.2 Å². The summed E-state index contributed by atoms with van der Waals surface area (Å²) in [7, 11) is 2.06. The average molecular weight is 396 g/mol. The molecule has 0 amide bonds. The third-order valence-electron chi connectivity index (χ3n) is 4.83. The van der Waals surface area contributed by atoms with Gasteiger partial charge in [0.1, 0.15) is 12.4 Å². The zero-order chi connectivity index (χ0) is 19.5. The van der Waals surface area contributed by atoms with E-state index in [9.17, 15) is 0 Å². The lowest BCUT2D eigenvalue weighted by Gasteiger charge is -2.16. The minimum Gasteiger partial charge on any atom is -0.492 e. The molecule has 2 heterocycles. The molecule has 7 heteroatoms. The molecule has 3 aromatic rings. The number of pyridine rings is 1. The SMILES string of the molecule is Cc1cccc(OCCN(C)Cn2nc(-c3ccncc3)n(C3CC3)c2=S)c1. The standard InChI is InChI=1S/C21H25N5OS/c1-16-4-3-5-19(14-16)27-13-12-24(2)15-25-21(28)26(18-6-7-18)20(23-25)17-8-10-22-11-9-17/h3-5,8-11,14,18H,6-7,12-13,15H2,1-2H3. The van der Waals surface area contributed by atoms with Gasteiger partial charge in [0.2, 0.25) is 0 Å². The summed E-state index contributed by atoms with van der Waals surface area (Å²) in [5.41, 5.74) is 2.25. The molecule has 1 saturated carbocycles. The van der Waals surface area contributed by atoms with Crippen molar-refractivity contribution in [3.05, 3.63) is 59.1 Å². The molecule has 0 aliphatic heterocycles. The van der Waals surface area contributed by atoms with E-state index in [4.69, 9.17) is 22.1 Å². The monoisotopic (exact) mass is 395 g/mol. The molecule has 0 unspecified atom stereocenters. The Hall–Kier alpha value is -2.51. The zero-order valence-corrected chi connectivity index (χ0v) is 17.1. The van der Waals surface area contributed by atoms with Crippen LogP contribution in [0.25, 0.3) is 11.4 Å². The van der Waals surface area contributed by atoms with Crippen LogP contribution in [-0.2, 0) is 6.67 Å². The number of ether oxygens (including phenoxy) is 1. The van der Waals surface area contributed by atoms with Gasteiger partial charge in [-0.15, -0.1) is 0 Å². The van der Waals surface area contributed by atoms with Crippen LogP contribution in [0.5, 0.6) is 5.75 Å². The molecule has 0 saturated heterocycles. The first kappa shape index (κ1) is 18.8. The highest BCUT2D eigenvalue weighted by Crippen LogP contribution is 2.38. The van der Waals surface area contributed by atoms with Crippen molar-refractivity contribution in [1.29, 1.82) is 0 Å². The van der Waals surface area contributed by atoms with Crippen molar-refractivity contribution in [2.24, 2.45) is 0 Å². The van der Waals surface area contributed by atoms with Crippen LogP contribution < -0.4 is 4.74 Å². The normalized spacial score (nSPS) is 13.8. The molecule has 146 valence electrons. The van der Waals surface area contributed by atoms with Gasteiger partial charge in [-0.1, -0.05) is 12.1 Å². The van der Waals surface area contributed by atoms with Crippen LogP contribution in [0.15, 0.2) is 48.8 Å². The maximum Gasteiger partial charge on any atom is 0.199 e. The molecule has 4 rings (SSSR count). The molecule has 6 nitrogen and oxygen atoms in total. The predicted octanol–water partition coefficient (Wildman–Crippen LogP) is 4.09. The highest BCUT2D eigenvalue weighted by molar-refractivity contribution is 7.71. The smallest absolute Gasteiger partial charge is 0.199 e. The highest BCUT2D eigenvalue weighted by Gasteiger charge is 2.29. The van der Waals surface area contributed by atoms with Gasteiger partial charge in [-0.05, 0) is 68.9 Å². The van der Waals surface area contributed by atoms with Gasteiger partial charge in [0, 0.05) is 30.5 Å². The summed E-state index contributed by atoms with van der Waals surface area (Å²) in [5, 5.41) is 4.82. The Bertz CT molecular complexity index is 994. The van der Waals surface area contributed by atoms with E-state index in [1.165, 1.54) is 5.56 Å². The molecule has 0 atom stereocenters. The first-order valence-electron chi connectivity index (χ1n) is 9.59. The fourth-order valence-electron chi connectivity index (χ4n) is 3.20. The van der Waals surface area contributed by atoms with Crippen LogP contribution in [0.4, 0.5) is 0 Å². The number of hydrogen-bond acceptors (Lipinski definition) is 5. The lowest BCUT2D eigenvalue weighted by Crippen LogP contribution is -2.27. The van der Waals surface area contributed by atoms with Gasteiger partial charge in [0.15, 0.2) is 10.6 Å². The summed E-state index contributed by atoms with van der Waals surface area (Å²) in [5.74, 6) is 1.84. The van der Waals surface area contributed by atoms with E-state index >= 15 is 0 Å². The lowest BCUT2D eigenvalue weighted by atomic mass is 10.2. The average Bonchev–Trinajstić information content (AvgIpc) is 3.47. The molecule has 1 aromatic carbocycles. The second-order valence-corrected chi connectivity index (χ2v) is 7.69. The molecule has 1 aliphatic rings. The van der Waals surface area contributed by atoms with Gasteiger partial charge in [-0.25, -0.2) is 4.68 Å². The summed E-state index contributed by atoms with van der Waals surface area (Å²) >= 11 is 5.74. The number of aromatic nitrogens is 4. The minimum absolute atomic E-state index is 0.472. The summed E-state index contributed by atoms with van der Waals surface area (Å²) in [6.07, 6.45) is 5.92. The summed E-state index contributed by atoms with van der Waals surface area (Å²) in [4.78, 5) is 6.28. The van der Waals surface area contributed by atoms with Crippen molar-refractivity contribution in [2.45, 2.75) is 32.5 Å². The van der Waals surface area contributed by atoms with Gasteiger partial charge in [0.25, 0.3) is 0 Å². The fraction of sp³-hybridized carbons (Fsp3) is 0.381. The number of benzene rings is 1. The zero-order valence-electron chi connectivity index (χ0n) is 16.3. The third-order valence-corrected chi connectivity index (χ3v) is 5.24. The number of aryl methyl sites for hydroxylation is 1. The molecular weight excluding hydrogens is 370 g/mol. The van der Waals surface area contributed by atoms with Crippen molar-refractivity contribution in [3.8, 4) is 17.1 Å². The molecular formula is C21H25N5OS. The first-order valence-corrected chi connectivity index (χ1v) is 10.0. The number of rotatable bonds is 8. The highest BCUT2D eigenvalue weighted by atomic mass is 32.1. The Morgan fingerprint density at radius 3 is 2.71 bits per heavy atom. The van der Waals surface area contributed by atoms with Gasteiger partial charge in [0.05, 0.1) is 6.67 Å². The van der Waals surface area contributed by atoms with Gasteiger partial charge in [-0.3, -0.25) is 14.5 Å². The van der Waals surface area contributed by atoms with Crippen molar-refractivity contribution in [3.63, 3.8) is 0 Å². The summed E-state index contributed by atoms with van der Waals surface area (Å²) in [6, 6.07) is 12.6. The molecule has 2 aromatic heterocycles. The summed E-state index contributed by atoms with van der Waals surface area (Å²) in [6.45, 7) is 4.11. The Morgan fingerprint density at radius 2 is 2.00 bits per heavy atom. The van der Waals surface area contributed by atoms with E-state index in [0.29, 0.717) is 19.3 Å². The predicted molar refractivity (Wildman–Crippen MR) is 112 cm³/mol. The summed E-state index contributed by atoms with van der Waals surface area (Å²) < 4.78 is 10.7. The van der Waals surface area contributed by atoms with Gasteiger partial charge >= 0.3 is 0 Å². The first-order chi connectivity index (χ1) is 13.6. The Balaban J connectivity index is 1.43. The third kappa shape index (κ3) is 4.31. The lowest BCUT2D eigenvalue weighted by molar-refractivity contribution is 0.197. The molecule has 0 N–H and O–H groups in total. The fourth-order valence-corrected chi connectivity index (χ4v) is 3.53. The van der Waals surface area contributed by atoms with Crippen LogP contribution in [0, 0.1) is 11.7 Å². The topological polar surface area (TPSA) is 48.1 Å². The van der Waals surface area contributed by atoms with Crippen molar-refractivity contribution < 1.29 is 4.74 Å². The van der Waals surface area contributed by atoms with E-state index in [2.05, 4.69) is 34.5 Å². The van der Waals surface area contributed by atoms with Crippen molar-refractivity contribution in [1.82, 2.24) is 24.2 Å². The molecule has 0 spiro atoms. The second kappa shape index (κ2) is 8.24. The van der Waals surface area contributed by atoms with E-state index in [1.807, 2.05) is 35.0 Å². The van der Waals surface area contributed by atoms with E-state index in [0.717, 1.165) is 41.3 Å². The van der Waals surface area contributed by atoms with Crippen LogP contribution in [0.2, 0.25) is 0 Å². The van der Waals surface area contributed by atoms with E-state index in [-0.39, 0.29) is 0 Å². The van der Waals surface area contributed by atoms with Crippen molar-refractivity contribution in [2.75, 3.05) is 20.2 Å². The van der Waals surface area contributed by atoms with Gasteiger partial charge < -0.3 is 4.74 Å². The van der Waals surface area contributed by atoms with Crippen LogP contribution in [-0.4, -0.2) is 44.4 Å². The van der Waals surface area contributed by atoms with Crippen LogP contribution in [0.1, 0.15) is 24.4 Å². The largest absolute Gasteiger partial charge is 0.492 e. The molecule has 28 heavy (non-hydrogen) atoms.